The predicted molar refractivity (Wildman–Crippen MR) is 67.5 cm³/mol. The third-order valence-electron chi connectivity index (χ3n) is 2.67. The molecule has 18 heavy (non-hydrogen) atoms. The standard InChI is InChI=1S/C12H18ClNO4/c1-2-17-11(16)8-10(15)12(13)14-18-9-6-4-3-5-7-9/h9H,2-8H2,1H3. The van der Waals surface area contributed by atoms with E-state index < -0.39 is 18.2 Å². The molecular weight excluding hydrogens is 258 g/mol. The summed E-state index contributed by atoms with van der Waals surface area (Å²) in [6.07, 6.45) is 4.91. The van der Waals surface area contributed by atoms with E-state index in [0.29, 0.717) is 0 Å². The number of hydrogen-bond acceptors (Lipinski definition) is 5. The first-order chi connectivity index (χ1) is 8.63. The van der Waals surface area contributed by atoms with Crippen LogP contribution in [0.3, 0.4) is 0 Å². The topological polar surface area (TPSA) is 65.0 Å². The maximum atomic E-state index is 11.5. The molecule has 0 bridgehead atoms. The summed E-state index contributed by atoms with van der Waals surface area (Å²) in [6, 6.07) is 0. The first-order valence-corrected chi connectivity index (χ1v) is 6.59. The lowest BCUT2D eigenvalue weighted by Crippen LogP contribution is -2.18. The summed E-state index contributed by atoms with van der Waals surface area (Å²) >= 11 is 5.66. The van der Waals surface area contributed by atoms with Crippen molar-refractivity contribution < 1.29 is 19.2 Å². The van der Waals surface area contributed by atoms with Crippen LogP contribution in [0.4, 0.5) is 0 Å². The van der Waals surface area contributed by atoms with E-state index in [9.17, 15) is 9.59 Å². The Morgan fingerprint density at radius 2 is 1.94 bits per heavy atom. The molecule has 1 fully saturated rings. The van der Waals surface area contributed by atoms with Crippen molar-refractivity contribution in [3.8, 4) is 0 Å². The second kappa shape index (κ2) is 8.08. The fraction of sp³-hybridized carbons (Fsp3) is 0.750. The summed E-state index contributed by atoms with van der Waals surface area (Å²) in [4.78, 5) is 27.7. The van der Waals surface area contributed by atoms with Crippen LogP contribution in [-0.4, -0.2) is 29.6 Å². The summed E-state index contributed by atoms with van der Waals surface area (Å²) in [6.45, 7) is 1.91. The van der Waals surface area contributed by atoms with Gasteiger partial charge in [-0.05, 0) is 32.6 Å². The van der Waals surface area contributed by atoms with Gasteiger partial charge in [0.1, 0.15) is 12.5 Å². The molecule has 0 aromatic carbocycles. The second-order valence-corrected chi connectivity index (χ2v) is 4.51. The second-order valence-electron chi connectivity index (χ2n) is 4.15. The van der Waals surface area contributed by atoms with Gasteiger partial charge < -0.3 is 9.57 Å². The average molecular weight is 276 g/mol. The predicted octanol–water partition coefficient (Wildman–Crippen LogP) is 2.41. The first kappa shape index (κ1) is 15.0. The number of ketones is 1. The zero-order valence-electron chi connectivity index (χ0n) is 10.5. The quantitative estimate of drug-likeness (QED) is 0.323. The van der Waals surface area contributed by atoms with Crippen LogP contribution in [0.15, 0.2) is 5.16 Å². The normalized spacial score (nSPS) is 17.3. The van der Waals surface area contributed by atoms with Crippen LogP contribution >= 0.6 is 11.6 Å². The van der Waals surface area contributed by atoms with Crippen LogP contribution in [-0.2, 0) is 19.2 Å². The zero-order valence-corrected chi connectivity index (χ0v) is 11.2. The van der Waals surface area contributed by atoms with Gasteiger partial charge in [0.05, 0.1) is 6.61 Å². The van der Waals surface area contributed by atoms with Crippen LogP contribution in [0, 0.1) is 0 Å². The highest BCUT2D eigenvalue weighted by atomic mass is 35.5. The van der Waals surface area contributed by atoms with Gasteiger partial charge in [0.15, 0.2) is 0 Å². The minimum atomic E-state index is -0.603. The monoisotopic (exact) mass is 275 g/mol. The third-order valence-corrected chi connectivity index (χ3v) is 2.95. The number of nitrogens with zero attached hydrogens (tertiary/aromatic N) is 1. The Morgan fingerprint density at radius 1 is 1.28 bits per heavy atom. The fourth-order valence-corrected chi connectivity index (χ4v) is 1.86. The van der Waals surface area contributed by atoms with Gasteiger partial charge in [0, 0.05) is 0 Å². The Kier molecular flexibility index (Phi) is 6.72. The Balaban J connectivity index is 2.34. The molecule has 1 aliphatic rings. The lowest BCUT2D eigenvalue weighted by atomic mass is 9.98. The number of Topliss-reactive ketones (excluding diaryl/α,β-unsaturated/α-hetero) is 1. The summed E-state index contributed by atoms with van der Waals surface area (Å²) in [5.41, 5.74) is 0. The molecule has 1 aliphatic carbocycles. The van der Waals surface area contributed by atoms with Gasteiger partial charge in [0.25, 0.3) is 0 Å². The van der Waals surface area contributed by atoms with E-state index in [0.717, 1.165) is 25.7 Å². The molecule has 0 heterocycles. The van der Waals surface area contributed by atoms with Crippen LogP contribution in [0.25, 0.3) is 0 Å². The molecule has 0 unspecified atom stereocenters. The number of carbonyl (C=O) groups excluding carboxylic acids is 2. The number of hydrogen-bond donors (Lipinski definition) is 0. The molecular formula is C12H18ClNO4. The molecule has 5 nitrogen and oxygen atoms in total. The van der Waals surface area contributed by atoms with Gasteiger partial charge in [-0.3, -0.25) is 9.59 Å². The van der Waals surface area contributed by atoms with Gasteiger partial charge in [-0.1, -0.05) is 23.2 Å². The van der Waals surface area contributed by atoms with Crippen molar-refractivity contribution in [2.75, 3.05) is 6.61 Å². The maximum Gasteiger partial charge on any atom is 0.313 e. The van der Waals surface area contributed by atoms with E-state index in [2.05, 4.69) is 9.89 Å². The zero-order chi connectivity index (χ0) is 13.4. The molecule has 0 aliphatic heterocycles. The van der Waals surface area contributed by atoms with Crippen LogP contribution in [0.1, 0.15) is 45.4 Å². The summed E-state index contributed by atoms with van der Waals surface area (Å²) in [7, 11) is 0. The smallest absolute Gasteiger partial charge is 0.313 e. The highest BCUT2D eigenvalue weighted by molar-refractivity contribution is 6.83. The van der Waals surface area contributed by atoms with Crippen molar-refractivity contribution in [2.24, 2.45) is 5.16 Å². The lowest BCUT2D eigenvalue weighted by molar-refractivity contribution is -0.144. The van der Waals surface area contributed by atoms with Crippen molar-refractivity contribution in [1.82, 2.24) is 0 Å². The molecule has 1 saturated carbocycles. The molecule has 0 N–H and O–H groups in total. The highest BCUT2D eigenvalue weighted by Crippen LogP contribution is 2.20. The molecule has 0 amide bonds. The number of esters is 1. The molecule has 0 aromatic heterocycles. The number of ether oxygens (including phenoxy) is 1. The summed E-state index contributed by atoms with van der Waals surface area (Å²) in [5, 5.41) is 3.29. The van der Waals surface area contributed by atoms with Crippen molar-refractivity contribution in [1.29, 1.82) is 0 Å². The molecule has 0 spiro atoms. The van der Waals surface area contributed by atoms with E-state index >= 15 is 0 Å². The van der Waals surface area contributed by atoms with Gasteiger partial charge in [-0.25, -0.2) is 0 Å². The van der Waals surface area contributed by atoms with Crippen molar-refractivity contribution >= 4 is 28.5 Å². The largest absolute Gasteiger partial charge is 0.466 e. The lowest BCUT2D eigenvalue weighted by Gasteiger charge is -2.19. The van der Waals surface area contributed by atoms with E-state index in [1.54, 1.807) is 6.92 Å². The van der Waals surface area contributed by atoms with Crippen LogP contribution in [0.5, 0.6) is 0 Å². The minimum Gasteiger partial charge on any atom is -0.466 e. The van der Waals surface area contributed by atoms with Crippen molar-refractivity contribution in [3.63, 3.8) is 0 Å². The molecule has 0 radical (unpaired) electrons. The number of oxime groups is 1. The first-order valence-electron chi connectivity index (χ1n) is 6.21. The molecule has 0 atom stereocenters. The van der Waals surface area contributed by atoms with Gasteiger partial charge >= 0.3 is 5.97 Å². The average Bonchev–Trinajstić information content (AvgIpc) is 2.37. The summed E-state index contributed by atoms with van der Waals surface area (Å²) in [5.74, 6) is -1.18. The highest BCUT2D eigenvalue weighted by Gasteiger charge is 2.18. The Morgan fingerprint density at radius 3 is 2.56 bits per heavy atom. The van der Waals surface area contributed by atoms with Gasteiger partial charge in [-0.2, -0.15) is 0 Å². The summed E-state index contributed by atoms with van der Waals surface area (Å²) < 4.78 is 4.64. The van der Waals surface area contributed by atoms with Gasteiger partial charge in [0.2, 0.25) is 11.0 Å². The molecule has 0 saturated heterocycles. The number of rotatable bonds is 6. The molecule has 0 aromatic rings. The Bertz CT molecular complexity index is 324. The number of carbonyl (C=O) groups is 2. The van der Waals surface area contributed by atoms with Crippen molar-refractivity contribution in [2.45, 2.75) is 51.6 Å². The Hall–Kier alpha value is -1.10. The van der Waals surface area contributed by atoms with E-state index in [1.807, 2.05) is 0 Å². The Labute approximate surface area is 111 Å². The van der Waals surface area contributed by atoms with Crippen molar-refractivity contribution in [3.05, 3.63) is 0 Å². The molecule has 102 valence electrons. The van der Waals surface area contributed by atoms with E-state index in [1.165, 1.54) is 6.42 Å². The van der Waals surface area contributed by atoms with Crippen LogP contribution in [0.2, 0.25) is 0 Å². The fourth-order valence-electron chi connectivity index (χ4n) is 1.76. The number of halogens is 1. The van der Waals surface area contributed by atoms with Crippen LogP contribution < -0.4 is 0 Å². The van der Waals surface area contributed by atoms with E-state index in [-0.39, 0.29) is 17.9 Å². The van der Waals surface area contributed by atoms with Gasteiger partial charge in [-0.15, -0.1) is 0 Å². The van der Waals surface area contributed by atoms with E-state index in [4.69, 9.17) is 16.4 Å². The third kappa shape index (κ3) is 5.49. The molecule has 1 rings (SSSR count). The SMILES string of the molecule is CCOC(=O)CC(=O)C(Cl)=NOC1CCCCC1. The minimum absolute atomic E-state index is 0.0305. The molecule has 6 heteroatoms. The maximum absolute atomic E-state index is 11.5.